The lowest BCUT2D eigenvalue weighted by Crippen LogP contribution is -2.57. The van der Waals surface area contributed by atoms with Crippen molar-refractivity contribution in [2.75, 3.05) is 13.1 Å². The summed E-state index contributed by atoms with van der Waals surface area (Å²) in [7, 11) is 0. The van der Waals surface area contributed by atoms with Gasteiger partial charge in [-0.1, -0.05) is 6.42 Å². The van der Waals surface area contributed by atoms with E-state index in [1.54, 1.807) is 0 Å². The van der Waals surface area contributed by atoms with Crippen molar-refractivity contribution in [3.05, 3.63) is 0 Å². The molecule has 3 nitrogen and oxygen atoms in total. The fourth-order valence-corrected chi connectivity index (χ4v) is 3.33. The Bertz CT molecular complexity index is 340. The topological polar surface area (TPSA) is 39.1 Å². The summed E-state index contributed by atoms with van der Waals surface area (Å²) in [6.45, 7) is 4.46. The first kappa shape index (κ1) is 12.4. The SMILES string of the molecule is CC1CCCCN1CC(C#N)(NC1CC1)C1CC1. The van der Waals surface area contributed by atoms with Gasteiger partial charge in [0, 0.05) is 18.6 Å². The van der Waals surface area contributed by atoms with Gasteiger partial charge in [0.15, 0.2) is 0 Å². The summed E-state index contributed by atoms with van der Waals surface area (Å²) in [5.41, 5.74) is -0.243. The molecule has 2 atom stereocenters. The normalized spacial score (nSPS) is 32.8. The Balaban J connectivity index is 1.69. The zero-order valence-electron chi connectivity index (χ0n) is 11.5. The zero-order chi connectivity index (χ0) is 12.6. The van der Waals surface area contributed by atoms with Crippen LogP contribution < -0.4 is 5.32 Å². The Hall–Kier alpha value is -0.590. The van der Waals surface area contributed by atoms with Crippen LogP contribution >= 0.6 is 0 Å². The maximum atomic E-state index is 9.74. The second-order valence-electron chi connectivity index (χ2n) is 6.59. The molecule has 1 aliphatic heterocycles. The molecule has 0 aromatic carbocycles. The molecule has 1 N–H and O–H groups in total. The Morgan fingerprint density at radius 3 is 2.56 bits per heavy atom. The smallest absolute Gasteiger partial charge is 0.122 e. The average Bonchev–Trinajstić information content (AvgIpc) is 3.24. The van der Waals surface area contributed by atoms with Crippen LogP contribution in [-0.4, -0.2) is 35.6 Å². The Morgan fingerprint density at radius 1 is 1.22 bits per heavy atom. The summed E-state index contributed by atoms with van der Waals surface area (Å²) in [6, 6.07) is 3.95. The molecule has 3 aliphatic rings. The van der Waals surface area contributed by atoms with Crippen molar-refractivity contribution in [1.29, 1.82) is 5.26 Å². The number of likely N-dealkylation sites (tertiary alicyclic amines) is 1. The highest BCUT2D eigenvalue weighted by atomic mass is 15.2. The highest BCUT2D eigenvalue weighted by molar-refractivity contribution is 5.18. The summed E-state index contributed by atoms with van der Waals surface area (Å²) < 4.78 is 0. The third-order valence-electron chi connectivity index (χ3n) is 4.91. The molecular weight excluding hydrogens is 222 g/mol. The van der Waals surface area contributed by atoms with E-state index in [2.05, 4.69) is 23.2 Å². The van der Waals surface area contributed by atoms with Gasteiger partial charge in [-0.3, -0.25) is 10.2 Å². The lowest BCUT2D eigenvalue weighted by Gasteiger charge is -2.40. The quantitative estimate of drug-likeness (QED) is 0.810. The van der Waals surface area contributed by atoms with Crippen molar-refractivity contribution in [3.63, 3.8) is 0 Å². The third kappa shape index (κ3) is 2.55. The van der Waals surface area contributed by atoms with Crippen molar-refractivity contribution in [1.82, 2.24) is 10.2 Å². The molecule has 18 heavy (non-hydrogen) atoms. The summed E-state index contributed by atoms with van der Waals surface area (Å²) in [4.78, 5) is 2.56. The van der Waals surface area contributed by atoms with Crippen molar-refractivity contribution in [2.24, 2.45) is 5.92 Å². The molecular formula is C15H25N3. The fourth-order valence-electron chi connectivity index (χ4n) is 3.33. The Morgan fingerprint density at radius 2 is 2.00 bits per heavy atom. The van der Waals surface area contributed by atoms with Crippen LogP contribution in [0.15, 0.2) is 0 Å². The van der Waals surface area contributed by atoms with Crippen LogP contribution in [0.1, 0.15) is 51.9 Å². The molecule has 3 heteroatoms. The maximum absolute atomic E-state index is 9.74. The van der Waals surface area contributed by atoms with Crippen LogP contribution in [0.2, 0.25) is 0 Å². The van der Waals surface area contributed by atoms with Crippen LogP contribution in [0.5, 0.6) is 0 Å². The van der Waals surface area contributed by atoms with E-state index in [-0.39, 0.29) is 5.54 Å². The highest BCUT2D eigenvalue weighted by Gasteiger charge is 2.49. The van der Waals surface area contributed by atoms with Gasteiger partial charge in [0.25, 0.3) is 0 Å². The zero-order valence-corrected chi connectivity index (χ0v) is 11.5. The second kappa shape index (κ2) is 4.83. The molecule has 2 unspecified atom stereocenters. The molecule has 0 radical (unpaired) electrons. The predicted octanol–water partition coefficient (Wildman–Crippen LogP) is 2.29. The van der Waals surface area contributed by atoms with E-state index in [0.717, 1.165) is 6.54 Å². The Kier molecular flexibility index (Phi) is 3.34. The minimum absolute atomic E-state index is 0.243. The molecule has 2 aliphatic carbocycles. The summed E-state index contributed by atoms with van der Waals surface area (Å²) in [5, 5.41) is 13.4. The number of nitrogens with one attached hydrogen (secondary N) is 1. The number of hydrogen-bond donors (Lipinski definition) is 1. The second-order valence-corrected chi connectivity index (χ2v) is 6.59. The molecule has 100 valence electrons. The standard InChI is InChI=1S/C15H25N3/c1-12-4-2-3-9-18(12)11-15(10-16,13-5-6-13)17-14-7-8-14/h12-14,17H,2-9,11H2,1H3. The van der Waals surface area contributed by atoms with Gasteiger partial charge in [0.2, 0.25) is 0 Å². The van der Waals surface area contributed by atoms with Crippen LogP contribution in [0.25, 0.3) is 0 Å². The molecule has 0 bridgehead atoms. The van der Waals surface area contributed by atoms with Crippen LogP contribution in [0, 0.1) is 17.2 Å². The van der Waals surface area contributed by atoms with E-state index in [0.29, 0.717) is 18.0 Å². The van der Waals surface area contributed by atoms with Gasteiger partial charge in [0.1, 0.15) is 5.54 Å². The first-order valence-electron chi connectivity index (χ1n) is 7.66. The molecule has 1 heterocycles. The number of hydrogen-bond acceptors (Lipinski definition) is 3. The third-order valence-corrected chi connectivity index (χ3v) is 4.91. The molecule has 1 saturated heterocycles. The minimum atomic E-state index is -0.243. The first-order valence-corrected chi connectivity index (χ1v) is 7.66. The van der Waals surface area contributed by atoms with Gasteiger partial charge in [-0.15, -0.1) is 0 Å². The van der Waals surface area contributed by atoms with E-state index >= 15 is 0 Å². The lowest BCUT2D eigenvalue weighted by atomic mass is 9.91. The Labute approximate surface area is 111 Å². The van der Waals surface area contributed by atoms with Crippen LogP contribution in [0.3, 0.4) is 0 Å². The van der Waals surface area contributed by atoms with Gasteiger partial charge < -0.3 is 0 Å². The van der Waals surface area contributed by atoms with Crippen LogP contribution in [-0.2, 0) is 0 Å². The number of rotatable bonds is 5. The molecule has 0 spiro atoms. The first-order chi connectivity index (χ1) is 8.73. The molecule has 3 rings (SSSR count). The van der Waals surface area contributed by atoms with E-state index < -0.39 is 0 Å². The number of nitrogens with zero attached hydrogens (tertiary/aromatic N) is 2. The van der Waals surface area contributed by atoms with E-state index in [1.165, 1.54) is 51.5 Å². The van der Waals surface area contributed by atoms with E-state index in [1.807, 2.05) is 0 Å². The molecule has 0 aromatic heterocycles. The largest absolute Gasteiger partial charge is 0.298 e. The molecule has 0 aromatic rings. The van der Waals surface area contributed by atoms with Crippen molar-refractivity contribution >= 4 is 0 Å². The number of nitriles is 1. The average molecular weight is 247 g/mol. The molecule has 0 amide bonds. The minimum Gasteiger partial charge on any atom is -0.298 e. The van der Waals surface area contributed by atoms with Gasteiger partial charge >= 0.3 is 0 Å². The monoisotopic (exact) mass is 247 g/mol. The highest BCUT2D eigenvalue weighted by Crippen LogP contribution is 2.42. The van der Waals surface area contributed by atoms with Crippen LogP contribution in [0.4, 0.5) is 0 Å². The summed E-state index contributed by atoms with van der Waals surface area (Å²) in [6.07, 6.45) is 8.99. The summed E-state index contributed by atoms with van der Waals surface area (Å²) >= 11 is 0. The van der Waals surface area contributed by atoms with Gasteiger partial charge in [-0.05, 0) is 57.9 Å². The molecule has 3 fully saturated rings. The van der Waals surface area contributed by atoms with Crippen molar-refractivity contribution < 1.29 is 0 Å². The number of piperidine rings is 1. The van der Waals surface area contributed by atoms with Crippen molar-refractivity contribution in [3.8, 4) is 6.07 Å². The van der Waals surface area contributed by atoms with Gasteiger partial charge in [-0.2, -0.15) is 5.26 Å². The van der Waals surface area contributed by atoms with Crippen molar-refractivity contribution in [2.45, 2.75) is 69.5 Å². The van der Waals surface area contributed by atoms with Gasteiger partial charge in [0.05, 0.1) is 6.07 Å². The fraction of sp³-hybridized carbons (Fsp3) is 0.933. The van der Waals surface area contributed by atoms with E-state index in [4.69, 9.17) is 0 Å². The summed E-state index contributed by atoms with van der Waals surface area (Å²) in [5.74, 6) is 0.609. The predicted molar refractivity (Wildman–Crippen MR) is 72.1 cm³/mol. The van der Waals surface area contributed by atoms with E-state index in [9.17, 15) is 5.26 Å². The molecule has 2 saturated carbocycles. The lowest BCUT2D eigenvalue weighted by molar-refractivity contribution is 0.118. The maximum Gasteiger partial charge on any atom is 0.122 e. The van der Waals surface area contributed by atoms with Gasteiger partial charge in [-0.25, -0.2) is 0 Å².